The van der Waals surface area contributed by atoms with Gasteiger partial charge in [-0.15, -0.1) is 16.8 Å². The van der Waals surface area contributed by atoms with Gasteiger partial charge in [-0.05, 0) is 30.7 Å². The molecular weight excluding hydrogens is 392 g/mol. The van der Waals surface area contributed by atoms with Crippen molar-refractivity contribution in [3.8, 4) is 0 Å². The summed E-state index contributed by atoms with van der Waals surface area (Å²) < 4.78 is 1.99. The number of aromatic nitrogens is 3. The Morgan fingerprint density at radius 1 is 1.25 bits per heavy atom. The number of hydrogen-bond donors (Lipinski definition) is 1. The van der Waals surface area contributed by atoms with E-state index in [1.807, 2.05) is 29.7 Å². The maximum absolute atomic E-state index is 12.5. The van der Waals surface area contributed by atoms with E-state index in [1.54, 1.807) is 30.3 Å². The SMILES string of the molecule is C=CCn1c(Cc2ccccc2)nnc1SC(C)C(=O)Nc1cccc(Cl)c1. The van der Waals surface area contributed by atoms with Crippen molar-refractivity contribution in [1.82, 2.24) is 14.8 Å². The number of allylic oxidation sites excluding steroid dienone is 1. The fraction of sp³-hybridized carbons (Fsp3) is 0.190. The lowest BCUT2D eigenvalue weighted by molar-refractivity contribution is -0.115. The maximum atomic E-state index is 12.5. The van der Waals surface area contributed by atoms with Crippen LogP contribution in [0.3, 0.4) is 0 Å². The lowest BCUT2D eigenvalue weighted by atomic mass is 10.1. The van der Waals surface area contributed by atoms with Gasteiger partial charge in [-0.25, -0.2) is 0 Å². The Morgan fingerprint density at radius 3 is 2.75 bits per heavy atom. The molecule has 1 N–H and O–H groups in total. The van der Waals surface area contributed by atoms with E-state index in [2.05, 4.69) is 34.2 Å². The van der Waals surface area contributed by atoms with Gasteiger partial charge in [-0.3, -0.25) is 4.79 Å². The third-order valence-electron chi connectivity index (χ3n) is 4.05. The van der Waals surface area contributed by atoms with Crippen LogP contribution in [-0.4, -0.2) is 25.9 Å². The number of thioether (sulfide) groups is 1. The lowest BCUT2D eigenvalue weighted by Crippen LogP contribution is -2.23. The summed E-state index contributed by atoms with van der Waals surface area (Å²) >= 11 is 7.34. The molecule has 0 aliphatic carbocycles. The number of benzene rings is 2. The van der Waals surface area contributed by atoms with Gasteiger partial charge < -0.3 is 9.88 Å². The van der Waals surface area contributed by atoms with E-state index < -0.39 is 0 Å². The quantitative estimate of drug-likeness (QED) is 0.425. The first-order chi connectivity index (χ1) is 13.6. The van der Waals surface area contributed by atoms with Gasteiger partial charge in [0.15, 0.2) is 5.16 Å². The Kier molecular flexibility index (Phi) is 6.90. The molecule has 28 heavy (non-hydrogen) atoms. The molecule has 1 unspecified atom stereocenters. The zero-order valence-electron chi connectivity index (χ0n) is 15.5. The van der Waals surface area contributed by atoms with E-state index in [9.17, 15) is 4.79 Å². The zero-order valence-corrected chi connectivity index (χ0v) is 17.1. The van der Waals surface area contributed by atoms with Crippen LogP contribution in [0.25, 0.3) is 0 Å². The number of carbonyl (C=O) groups is 1. The molecule has 0 radical (unpaired) electrons. The molecule has 144 valence electrons. The van der Waals surface area contributed by atoms with Crippen LogP contribution < -0.4 is 5.32 Å². The molecule has 2 aromatic carbocycles. The Bertz CT molecular complexity index is 958. The predicted molar refractivity (Wildman–Crippen MR) is 115 cm³/mol. The predicted octanol–water partition coefficient (Wildman–Crippen LogP) is 4.83. The molecule has 3 rings (SSSR count). The lowest BCUT2D eigenvalue weighted by Gasteiger charge is -2.13. The van der Waals surface area contributed by atoms with Gasteiger partial charge in [0.2, 0.25) is 5.91 Å². The van der Waals surface area contributed by atoms with Crippen molar-refractivity contribution < 1.29 is 4.79 Å². The molecule has 0 aliphatic heterocycles. The zero-order chi connectivity index (χ0) is 19.9. The minimum Gasteiger partial charge on any atom is -0.325 e. The van der Waals surface area contributed by atoms with Crippen molar-refractivity contribution in [2.24, 2.45) is 0 Å². The first-order valence-corrected chi connectivity index (χ1v) is 10.1. The van der Waals surface area contributed by atoms with Crippen LogP contribution in [0.4, 0.5) is 5.69 Å². The molecule has 0 bridgehead atoms. The van der Waals surface area contributed by atoms with Crippen molar-refractivity contribution in [3.63, 3.8) is 0 Å². The molecule has 0 saturated heterocycles. The van der Waals surface area contributed by atoms with E-state index in [-0.39, 0.29) is 11.2 Å². The number of carbonyl (C=O) groups excluding carboxylic acids is 1. The van der Waals surface area contributed by atoms with Crippen LogP contribution in [0.2, 0.25) is 5.02 Å². The standard InChI is InChI=1S/C21H21ClN4OS/c1-3-12-26-19(13-16-8-5-4-6-9-16)24-25-21(26)28-15(2)20(27)23-18-11-7-10-17(22)14-18/h3-11,14-15H,1,12-13H2,2H3,(H,23,27). The number of amides is 1. The monoisotopic (exact) mass is 412 g/mol. The molecule has 1 heterocycles. The Hall–Kier alpha value is -2.57. The van der Waals surface area contributed by atoms with Gasteiger partial charge in [-0.1, -0.05) is 65.8 Å². The summed E-state index contributed by atoms with van der Waals surface area (Å²) in [5, 5.41) is 12.4. The first kappa shape index (κ1) is 20.2. The third kappa shape index (κ3) is 5.24. The van der Waals surface area contributed by atoms with Crippen molar-refractivity contribution in [2.75, 3.05) is 5.32 Å². The molecule has 1 aromatic heterocycles. The maximum Gasteiger partial charge on any atom is 0.237 e. The number of anilines is 1. The van der Waals surface area contributed by atoms with Gasteiger partial charge >= 0.3 is 0 Å². The summed E-state index contributed by atoms with van der Waals surface area (Å²) in [4.78, 5) is 12.5. The van der Waals surface area contributed by atoms with E-state index in [1.165, 1.54) is 11.8 Å². The van der Waals surface area contributed by atoms with Crippen LogP contribution in [0.5, 0.6) is 0 Å². The number of nitrogens with one attached hydrogen (secondary N) is 1. The van der Waals surface area contributed by atoms with Crippen molar-refractivity contribution in [1.29, 1.82) is 0 Å². The van der Waals surface area contributed by atoms with Crippen molar-refractivity contribution >= 4 is 35.0 Å². The van der Waals surface area contributed by atoms with Crippen LogP contribution in [-0.2, 0) is 17.8 Å². The van der Waals surface area contributed by atoms with Crippen LogP contribution >= 0.6 is 23.4 Å². The number of rotatable bonds is 8. The second-order valence-corrected chi connectivity index (χ2v) is 7.96. The van der Waals surface area contributed by atoms with Crippen LogP contribution in [0, 0.1) is 0 Å². The summed E-state index contributed by atoms with van der Waals surface area (Å²) in [6.45, 7) is 6.25. The number of halogens is 1. The molecular formula is C21H21ClN4OS. The summed E-state index contributed by atoms with van der Waals surface area (Å²) in [5.41, 5.74) is 1.82. The smallest absolute Gasteiger partial charge is 0.237 e. The highest BCUT2D eigenvalue weighted by Crippen LogP contribution is 2.25. The molecule has 5 nitrogen and oxygen atoms in total. The molecule has 1 amide bonds. The highest BCUT2D eigenvalue weighted by Gasteiger charge is 2.20. The van der Waals surface area contributed by atoms with E-state index in [0.717, 1.165) is 11.4 Å². The van der Waals surface area contributed by atoms with Gasteiger partial charge in [-0.2, -0.15) is 0 Å². The topological polar surface area (TPSA) is 59.8 Å². The second-order valence-electron chi connectivity index (χ2n) is 6.22. The van der Waals surface area contributed by atoms with Crippen LogP contribution in [0.15, 0.2) is 72.4 Å². The Labute approximate surface area is 173 Å². The van der Waals surface area contributed by atoms with Gasteiger partial charge in [0.1, 0.15) is 5.82 Å². The highest BCUT2D eigenvalue weighted by molar-refractivity contribution is 8.00. The fourth-order valence-corrected chi connectivity index (χ4v) is 3.72. The summed E-state index contributed by atoms with van der Waals surface area (Å²) in [5.74, 6) is 0.723. The summed E-state index contributed by atoms with van der Waals surface area (Å²) in [7, 11) is 0. The molecule has 1 atom stereocenters. The average molecular weight is 413 g/mol. The molecule has 0 spiro atoms. The first-order valence-electron chi connectivity index (χ1n) is 8.87. The van der Waals surface area contributed by atoms with Gasteiger partial charge in [0.05, 0.1) is 5.25 Å². The third-order valence-corrected chi connectivity index (χ3v) is 5.37. The van der Waals surface area contributed by atoms with Crippen LogP contribution in [0.1, 0.15) is 18.3 Å². The van der Waals surface area contributed by atoms with Gasteiger partial charge in [0, 0.05) is 23.7 Å². The minimum absolute atomic E-state index is 0.120. The van der Waals surface area contributed by atoms with Crippen molar-refractivity contribution in [3.05, 3.63) is 83.7 Å². The Balaban J connectivity index is 1.72. The number of hydrogen-bond acceptors (Lipinski definition) is 4. The Morgan fingerprint density at radius 2 is 2.04 bits per heavy atom. The van der Waals surface area contributed by atoms with Crippen molar-refractivity contribution in [2.45, 2.75) is 30.3 Å². The summed E-state index contributed by atoms with van der Waals surface area (Å²) in [6.07, 6.45) is 2.48. The number of nitrogens with zero attached hydrogens (tertiary/aromatic N) is 3. The highest BCUT2D eigenvalue weighted by atomic mass is 35.5. The fourth-order valence-electron chi connectivity index (χ4n) is 2.65. The molecule has 0 saturated carbocycles. The average Bonchev–Trinajstić information content (AvgIpc) is 3.04. The molecule has 3 aromatic rings. The molecule has 0 fully saturated rings. The van der Waals surface area contributed by atoms with E-state index in [4.69, 9.17) is 11.6 Å². The summed E-state index contributed by atoms with van der Waals surface area (Å²) in [6, 6.07) is 17.2. The molecule has 7 heteroatoms. The van der Waals surface area contributed by atoms with Gasteiger partial charge in [0.25, 0.3) is 0 Å². The largest absolute Gasteiger partial charge is 0.325 e. The minimum atomic E-state index is -0.351. The van der Waals surface area contributed by atoms with E-state index >= 15 is 0 Å². The second kappa shape index (κ2) is 9.57. The van der Waals surface area contributed by atoms with E-state index in [0.29, 0.717) is 28.8 Å². The molecule has 0 aliphatic rings. The normalized spacial score (nSPS) is 11.8.